The van der Waals surface area contributed by atoms with Crippen LogP contribution in [0.2, 0.25) is 0 Å². The van der Waals surface area contributed by atoms with Crippen LogP contribution in [-0.4, -0.2) is 31.6 Å². The Morgan fingerprint density at radius 1 is 1.18 bits per heavy atom. The molecule has 0 fully saturated rings. The zero-order chi connectivity index (χ0) is 16.4. The zero-order valence-corrected chi connectivity index (χ0v) is 13.6. The van der Waals surface area contributed by atoms with Gasteiger partial charge in [-0.3, -0.25) is 9.59 Å². The fourth-order valence-electron chi connectivity index (χ4n) is 2.00. The van der Waals surface area contributed by atoms with E-state index >= 15 is 0 Å². The van der Waals surface area contributed by atoms with Crippen molar-refractivity contribution in [3.63, 3.8) is 0 Å². The quantitative estimate of drug-likeness (QED) is 0.562. The van der Waals surface area contributed by atoms with Crippen LogP contribution in [0.3, 0.4) is 0 Å². The van der Waals surface area contributed by atoms with E-state index in [1.807, 2.05) is 32.0 Å². The first kappa shape index (κ1) is 18.0. The summed E-state index contributed by atoms with van der Waals surface area (Å²) in [6, 6.07) is 5.95. The van der Waals surface area contributed by atoms with Gasteiger partial charge in [0.1, 0.15) is 5.75 Å². The standard InChI is InChI=1S/C17H25NO4/c1-4-21-17(20)6-5-10-18-16(19)9-11-22-15-8-7-13(2)12-14(15)3/h7-8,12H,4-6,9-11H2,1-3H3,(H,18,19). The van der Waals surface area contributed by atoms with Crippen molar-refractivity contribution in [1.29, 1.82) is 0 Å². The fourth-order valence-corrected chi connectivity index (χ4v) is 2.00. The number of ether oxygens (including phenoxy) is 2. The van der Waals surface area contributed by atoms with E-state index in [2.05, 4.69) is 5.32 Å². The third-order valence-corrected chi connectivity index (χ3v) is 3.10. The van der Waals surface area contributed by atoms with Gasteiger partial charge in [-0.2, -0.15) is 0 Å². The average Bonchev–Trinajstić information content (AvgIpc) is 2.46. The van der Waals surface area contributed by atoms with E-state index in [1.54, 1.807) is 6.92 Å². The molecule has 0 unspecified atom stereocenters. The molecule has 0 aliphatic carbocycles. The molecule has 22 heavy (non-hydrogen) atoms. The highest BCUT2D eigenvalue weighted by Gasteiger charge is 2.05. The molecule has 0 radical (unpaired) electrons. The Morgan fingerprint density at radius 2 is 1.95 bits per heavy atom. The first-order valence-corrected chi connectivity index (χ1v) is 7.65. The maximum absolute atomic E-state index is 11.6. The highest BCUT2D eigenvalue weighted by molar-refractivity contribution is 5.76. The number of amides is 1. The summed E-state index contributed by atoms with van der Waals surface area (Å²) >= 11 is 0. The van der Waals surface area contributed by atoms with Crippen molar-refractivity contribution in [3.05, 3.63) is 29.3 Å². The molecule has 0 atom stereocenters. The van der Waals surface area contributed by atoms with Gasteiger partial charge in [0.2, 0.25) is 5.91 Å². The lowest BCUT2D eigenvalue weighted by Crippen LogP contribution is -2.26. The number of aryl methyl sites for hydroxylation is 2. The normalized spacial score (nSPS) is 10.1. The topological polar surface area (TPSA) is 64.6 Å². The molecule has 5 heteroatoms. The number of esters is 1. The van der Waals surface area contributed by atoms with Crippen molar-refractivity contribution in [2.75, 3.05) is 19.8 Å². The smallest absolute Gasteiger partial charge is 0.305 e. The molecule has 1 aromatic rings. The van der Waals surface area contributed by atoms with Gasteiger partial charge in [0.15, 0.2) is 0 Å². The highest BCUT2D eigenvalue weighted by Crippen LogP contribution is 2.18. The fraction of sp³-hybridized carbons (Fsp3) is 0.529. The molecule has 0 spiro atoms. The van der Waals surface area contributed by atoms with Gasteiger partial charge in [-0.25, -0.2) is 0 Å². The SMILES string of the molecule is CCOC(=O)CCCNC(=O)CCOc1ccc(C)cc1C. The van der Waals surface area contributed by atoms with Crippen LogP contribution in [0.5, 0.6) is 5.75 Å². The molecule has 0 bridgehead atoms. The van der Waals surface area contributed by atoms with Gasteiger partial charge in [0.05, 0.1) is 19.6 Å². The molecule has 1 N–H and O–H groups in total. The number of carbonyl (C=O) groups excluding carboxylic acids is 2. The molecule has 0 saturated carbocycles. The molecule has 0 aliphatic heterocycles. The molecular weight excluding hydrogens is 282 g/mol. The van der Waals surface area contributed by atoms with Crippen LogP contribution < -0.4 is 10.1 Å². The Labute approximate surface area is 132 Å². The van der Waals surface area contributed by atoms with Crippen LogP contribution in [0.1, 0.15) is 37.3 Å². The summed E-state index contributed by atoms with van der Waals surface area (Å²) in [4.78, 5) is 22.8. The summed E-state index contributed by atoms with van der Waals surface area (Å²) < 4.78 is 10.4. The molecule has 0 saturated heterocycles. The maximum atomic E-state index is 11.6. The maximum Gasteiger partial charge on any atom is 0.305 e. The summed E-state index contributed by atoms with van der Waals surface area (Å²) in [5, 5.41) is 2.76. The Balaban J connectivity index is 2.14. The van der Waals surface area contributed by atoms with Crippen LogP contribution in [-0.2, 0) is 14.3 Å². The van der Waals surface area contributed by atoms with E-state index in [4.69, 9.17) is 9.47 Å². The predicted molar refractivity (Wildman–Crippen MR) is 84.9 cm³/mol. The van der Waals surface area contributed by atoms with Gasteiger partial charge in [0, 0.05) is 13.0 Å². The largest absolute Gasteiger partial charge is 0.493 e. The monoisotopic (exact) mass is 307 g/mol. The van der Waals surface area contributed by atoms with E-state index < -0.39 is 0 Å². The van der Waals surface area contributed by atoms with Gasteiger partial charge >= 0.3 is 5.97 Å². The lowest BCUT2D eigenvalue weighted by molar-refractivity contribution is -0.143. The van der Waals surface area contributed by atoms with Crippen molar-refractivity contribution in [2.45, 2.75) is 40.0 Å². The second-order valence-electron chi connectivity index (χ2n) is 5.13. The predicted octanol–water partition coefficient (Wildman–Crippen LogP) is 2.53. The number of benzene rings is 1. The number of hydrogen-bond acceptors (Lipinski definition) is 4. The van der Waals surface area contributed by atoms with E-state index in [0.29, 0.717) is 39.0 Å². The average molecular weight is 307 g/mol. The number of carbonyl (C=O) groups is 2. The van der Waals surface area contributed by atoms with Crippen molar-refractivity contribution >= 4 is 11.9 Å². The first-order valence-electron chi connectivity index (χ1n) is 7.65. The number of nitrogens with one attached hydrogen (secondary N) is 1. The molecule has 0 aliphatic rings. The molecule has 0 aromatic heterocycles. The lowest BCUT2D eigenvalue weighted by Gasteiger charge is -2.10. The molecule has 122 valence electrons. The highest BCUT2D eigenvalue weighted by atomic mass is 16.5. The van der Waals surface area contributed by atoms with E-state index in [-0.39, 0.29) is 11.9 Å². The van der Waals surface area contributed by atoms with E-state index in [0.717, 1.165) is 11.3 Å². The summed E-state index contributed by atoms with van der Waals surface area (Å²) in [5.41, 5.74) is 2.25. The van der Waals surface area contributed by atoms with Crippen LogP contribution in [0.25, 0.3) is 0 Å². The van der Waals surface area contributed by atoms with Gasteiger partial charge in [-0.05, 0) is 38.8 Å². The first-order chi connectivity index (χ1) is 10.5. The minimum Gasteiger partial charge on any atom is -0.493 e. The number of hydrogen-bond donors (Lipinski definition) is 1. The van der Waals surface area contributed by atoms with E-state index in [9.17, 15) is 9.59 Å². The van der Waals surface area contributed by atoms with Crippen LogP contribution >= 0.6 is 0 Å². The van der Waals surface area contributed by atoms with Crippen molar-refractivity contribution in [2.24, 2.45) is 0 Å². The Kier molecular flexibility index (Phi) is 8.04. The summed E-state index contributed by atoms with van der Waals surface area (Å²) in [5.74, 6) is 0.504. The summed E-state index contributed by atoms with van der Waals surface area (Å²) in [6.07, 6.45) is 1.21. The van der Waals surface area contributed by atoms with Crippen molar-refractivity contribution in [3.8, 4) is 5.75 Å². The Morgan fingerprint density at radius 3 is 2.64 bits per heavy atom. The molecule has 1 rings (SSSR count). The van der Waals surface area contributed by atoms with Gasteiger partial charge in [-0.1, -0.05) is 17.7 Å². The minimum atomic E-state index is -0.227. The van der Waals surface area contributed by atoms with Gasteiger partial charge in [-0.15, -0.1) is 0 Å². The summed E-state index contributed by atoms with van der Waals surface area (Å²) in [7, 11) is 0. The molecular formula is C17H25NO4. The lowest BCUT2D eigenvalue weighted by atomic mass is 10.1. The van der Waals surface area contributed by atoms with Crippen LogP contribution in [0, 0.1) is 13.8 Å². The number of rotatable bonds is 9. The molecule has 1 amide bonds. The zero-order valence-electron chi connectivity index (χ0n) is 13.6. The third kappa shape index (κ3) is 7.11. The van der Waals surface area contributed by atoms with Crippen LogP contribution in [0.4, 0.5) is 0 Å². The minimum absolute atomic E-state index is 0.0753. The van der Waals surface area contributed by atoms with Crippen molar-refractivity contribution < 1.29 is 19.1 Å². The molecule has 0 heterocycles. The molecule has 5 nitrogen and oxygen atoms in total. The van der Waals surface area contributed by atoms with Crippen LogP contribution in [0.15, 0.2) is 18.2 Å². The second-order valence-corrected chi connectivity index (χ2v) is 5.13. The summed E-state index contributed by atoms with van der Waals surface area (Å²) in [6.45, 7) is 6.99. The van der Waals surface area contributed by atoms with Gasteiger partial charge in [0.25, 0.3) is 0 Å². The third-order valence-electron chi connectivity index (χ3n) is 3.10. The second kappa shape index (κ2) is 9.82. The van der Waals surface area contributed by atoms with Crippen molar-refractivity contribution in [1.82, 2.24) is 5.32 Å². The Hall–Kier alpha value is -2.04. The van der Waals surface area contributed by atoms with E-state index in [1.165, 1.54) is 5.56 Å². The Bertz CT molecular complexity index is 499. The van der Waals surface area contributed by atoms with Gasteiger partial charge < -0.3 is 14.8 Å². The molecule has 1 aromatic carbocycles.